The summed E-state index contributed by atoms with van der Waals surface area (Å²) in [5, 5.41) is 8.53. The van der Waals surface area contributed by atoms with E-state index in [0.717, 1.165) is 25.7 Å². The average molecular weight is 168 g/mol. The Hall–Kier alpha value is -0.590. The van der Waals surface area contributed by atoms with Crippen molar-refractivity contribution in [2.75, 3.05) is 0 Å². The molecule has 68 valence electrons. The van der Waals surface area contributed by atoms with Crippen LogP contribution < -0.4 is 5.73 Å². The maximum absolute atomic E-state index is 8.53. The lowest BCUT2D eigenvalue weighted by atomic mass is 9.93. The van der Waals surface area contributed by atoms with Crippen molar-refractivity contribution in [3.05, 3.63) is 0 Å². The topological polar surface area (TPSA) is 59.0 Å². The Labute approximate surface area is 73.5 Å². The molecule has 3 heteroatoms. The van der Waals surface area contributed by atoms with Crippen molar-refractivity contribution in [1.29, 1.82) is 5.26 Å². The van der Waals surface area contributed by atoms with Gasteiger partial charge in [-0.3, -0.25) is 0 Å². The zero-order chi connectivity index (χ0) is 8.97. The van der Waals surface area contributed by atoms with Gasteiger partial charge in [0.05, 0.1) is 12.2 Å². The number of hydrogen-bond acceptors (Lipinski definition) is 3. The van der Waals surface area contributed by atoms with Gasteiger partial charge < -0.3 is 10.5 Å². The molecule has 3 nitrogen and oxygen atoms in total. The van der Waals surface area contributed by atoms with E-state index >= 15 is 0 Å². The summed E-state index contributed by atoms with van der Waals surface area (Å²) in [6.45, 7) is 1.78. The van der Waals surface area contributed by atoms with E-state index < -0.39 is 0 Å². The minimum Gasteiger partial charge on any atom is -0.360 e. The molecule has 1 aliphatic carbocycles. The third kappa shape index (κ3) is 2.80. The van der Waals surface area contributed by atoms with Crippen LogP contribution in [0.5, 0.6) is 0 Å². The fourth-order valence-corrected chi connectivity index (χ4v) is 1.62. The van der Waals surface area contributed by atoms with Crippen LogP contribution in [0, 0.1) is 11.3 Å². The fraction of sp³-hybridized carbons (Fsp3) is 0.889. The fourth-order valence-electron chi connectivity index (χ4n) is 1.62. The van der Waals surface area contributed by atoms with Gasteiger partial charge in [-0.25, -0.2) is 0 Å². The molecule has 3 unspecified atom stereocenters. The Morgan fingerprint density at radius 1 is 1.58 bits per heavy atom. The lowest BCUT2D eigenvalue weighted by Gasteiger charge is -2.27. The highest BCUT2D eigenvalue weighted by molar-refractivity contribution is 4.83. The molecule has 2 N–H and O–H groups in total. The van der Waals surface area contributed by atoms with Crippen molar-refractivity contribution in [1.82, 2.24) is 0 Å². The standard InChI is InChI=1S/C9H16N2O/c1-7(6-10)12-9-4-2-3-8(11)5-9/h7-9H,2-5,11H2,1H3. The van der Waals surface area contributed by atoms with Gasteiger partial charge in [0.15, 0.2) is 0 Å². The van der Waals surface area contributed by atoms with E-state index in [2.05, 4.69) is 6.07 Å². The van der Waals surface area contributed by atoms with Crippen LogP contribution in [0.25, 0.3) is 0 Å². The SMILES string of the molecule is CC(C#N)OC1CCCC(N)C1. The maximum atomic E-state index is 8.53. The molecule has 0 aliphatic heterocycles. The van der Waals surface area contributed by atoms with Crippen molar-refractivity contribution in [2.45, 2.75) is 50.9 Å². The minimum atomic E-state index is -0.291. The van der Waals surface area contributed by atoms with E-state index in [1.54, 1.807) is 6.92 Å². The third-order valence-electron chi connectivity index (χ3n) is 2.25. The van der Waals surface area contributed by atoms with Crippen molar-refractivity contribution >= 4 is 0 Å². The van der Waals surface area contributed by atoms with Gasteiger partial charge in [-0.1, -0.05) is 0 Å². The summed E-state index contributed by atoms with van der Waals surface area (Å²) >= 11 is 0. The smallest absolute Gasteiger partial charge is 0.141 e. The second kappa shape index (κ2) is 4.44. The molecule has 0 aromatic rings. The Balaban J connectivity index is 2.28. The molecule has 12 heavy (non-hydrogen) atoms. The summed E-state index contributed by atoms with van der Waals surface area (Å²) in [7, 11) is 0. The summed E-state index contributed by atoms with van der Waals surface area (Å²) in [6.07, 6.45) is 4.11. The van der Waals surface area contributed by atoms with Gasteiger partial charge >= 0.3 is 0 Å². The molecule has 0 saturated heterocycles. The summed E-state index contributed by atoms with van der Waals surface area (Å²) < 4.78 is 5.47. The molecule has 0 bridgehead atoms. The van der Waals surface area contributed by atoms with Crippen molar-refractivity contribution in [2.24, 2.45) is 5.73 Å². The molecule has 0 spiro atoms. The van der Waals surface area contributed by atoms with Crippen LogP contribution in [-0.2, 0) is 4.74 Å². The predicted octanol–water partition coefficient (Wildman–Crippen LogP) is 1.18. The van der Waals surface area contributed by atoms with E-state index in [0.29, 0.717) is 0 Å². The monoisotopic (exact) mass is 168 g/mol. The summed E-state index contributed by atoms with van der Waals surface area (Å²) in [5.41, 5.74) is 5.78. The Morgan fingerprint density at radius 3 is 2.92 bits per heavy atom. The van der Waals surface area contributed by atoms with Gasteiger partial charge in [0.2, 0.25) is 0 Å². The largest absolute Gasteiger partial charge is 0.360 e. The van der Waals surface area contributed by atoms with E-state index in [-0.39, 0.29) is 18.2 Å². The molecular formula is C9H16N2O. The number of nitrogens with zero attached hydrogens (tertiary/aromatic N) is 1. The van der Waals surface area contributed by atoms with Gasteiger partial charge in [0.25, 0.3) is 0 Å². The van der Waals surface area contributed by atoms with Gasteiger partial charge in [-0.2, -0.15) is 5.26 Å². The van der Waals surface area contributed by atoms with Crippen LogP contribution >= 0.6 is 0 Å². The lowest BCUT2D eigenvalue weighted by Crippen LogP contribution is -2.33. The molecular weight excluding hydrogens is 152 g/mol. The number of nitrogens with two attached hydrogens (primary N) is 1. The third-order valence-corrected chi connectivity index (χ3v) is 2.25. The van der Waals surface area contributed by atoms with Crippen LogP contribution in [0.4, 0.5) is 0 Å². The molecule has 0 aromatic carbocycles. The first kappa shape index (κ1) is 9.50. The normalized spacial score (nSPS) is 32.4. The molecule has 0 amide bonds. The molecule has 1 rings (SSSR count). The lowest BCUT2D eigenvalue weighted by molar-refractivity contribution is 0.000513. The highest BCUT2D eigenvalue weighted by atomic mass is 16.5. The van der Waals surface area contributed by atoms with E-state index in [9.17, 15) is 0 Å². The zero-order valence-electron chi connectivity index (χ0n) is 7.49. The van der Waals surface area contributed by atoms with Gasteiger partial charge in [0, 0.05) is 6.04 Å². The van der Waals surface area contributed by atoms with Gasteiger partial charge in [-0.15, -0.1) is 0 Å². The summed E-state index contributed by atoms with van der Waals surface area (Å²) in [4.78, 5) is 0. The van der Waals surface area contributed by atoms with Crippen LogP contribution in [0.15, 0.2) is 0 Å². The van der Waals surface area contributed by atoms with Crippen molar-refractivity contribution < 1.29 is 4.74 Å². The molecule has 0 aromatic heterocycles. The van der Waals surface area contributed by atoms with E-state index in [1.165, 1.54) is 0 Å². The predicted molar refractivity (Wildman–Crippen MR) is 46.4 cm³/mol. The van der Waals surface area contributed by atoms with Crippen LogP contribution in [-0.4, -0.2) is 18.2 Å². The molecule has 1 saturated carbocycles. The number of rotatable bonds is 2. The molecule has 3 atom stereocenters. The molecule has 0 heterocycles. The van der Waals surface area contributed by atoms with Gasteiger partial charge in [-0.05, 0) is 32.6 Å². The molecule has 1 fully saturated rings. The first-order valence-corrected chi connectivity index (χ1v) is 4.53. The quantitative estimate of drug-likeness (QED) is 0.673. The second-order valence-corrected chi connectivity index (χ2v) is 3.46. The van der Waals surface area contributed by atoms with E-state index in [1.807, 2.05) is 0 Å². The number of nitriles is 1. The first-order valence-electron chi connectivity index (χ1n) is 4.53. The Kier molecular flexibility index (Phi) is 3.51. The highest BCUT2D eigenvalue weighted by Gasteiger charge is 2.21. The van der Waals surface area contributed by atoms with Crippen LogP contribution in [0.2, 0.25) is 0 Å². The van der Waals surface area contributed by atoms with Gasteiger partial charge in [0.1, 0.15) is 6.10 Å². The average Bonchev–Trinajstić information content (AvgIpc) is 2.04. The van der Waals surface area contributed by atoms with Crippen LogP contribution in [0.1, 0.15) is 32.6 Å². The number of hydrogen-bond donors (Lipinski definition) is 1. The Bertz CT molecular complexity index is 176. The highest BCUT2D eigenvalue weighted by Crippen LogP contribution is 2.20. The van der Waals surface area contributed by atoms with E-state index in [4.69, 9.17) is 15.7 Å². The summed E-state index contributed by atoms with van der Waals surface area (Å²) in [6, 6.07) is 2.34. The van der Waals surface area contributed by atoms with Crippen molar-refractivity contribution in [3.63, 3.8) is 0 Å². The van der Waals surface area contributed by atoms with Crippen LogP contribution in [0.3, 0.4) is 0 Å². The van der Waals surface area contributed by atoms with Crippen molar-refractivity contribution in [3.8, 4) is 6.07 Å². The number of ether oxygens (including phenoxy) is 1. The molecule has 1 aliphatic rings. The Morgan fingerprint density at radius 2 is 2.33 bits per heavy atom. The maximum Gasteiger partial charge on any atom is 0.141 e. The second-order valence-electron chi connectivity index (χ2n) is 3.46. The molecule has 0 radical (unpaired) electrons. The zero-order valence-corrected chi connectivity index (χ0v) is 7.49. The summed E-state index contributed by atoms with van der Waals surface area (Å²) in [5.74, 6) is 0. The first-order chi connectivity index (χ1) is 5.72. The minimum absolute atomic E-state index is 0.211.